The molecule has 1 saturated carbocycles. The molecule has 1 N–H and O–H groups in total. The molecule has 0 aromatic carbocycles. The third-order valence-electron chi connectivity index (χ3n) is 4.20. The van der Waals surface area contributed by atoms with Crippen molar-refractivity contribution in [3.05, 3.63) is 0 Å². The molecule has 1 saturated heterocycles. The Morgan fingerprint density at radius 3 is 2.56 bits per heavy atom. The maximum Gasteiger partial charge on any atom is 0.151 e. The molecular weight excluding hydrogens is 248 g/mol. The lowest BCUT2D eigenvalue weighted by molar-refractivity contribution is 0.274. The molecule has 2 fully saturated rings. The summed E-state index contributed by atoms with van der Waals surface area (Å²) in [5.41, 5.74) is 0. The van der Waals surface area contributed by atoms with E-state index in [0.29, 0.717) is 11.5 Å². The molecule has 0 spiro atoms. The third kappa shape index (κ3) is 4.52. The second kappa shape index (κ2) is 6.35. The van der Waals surface area contributed by atoms with E-state index in [9.17, 15) is 8.42 Å². The van der Waals surface area contributed by atoms with Crippen molar-refractivity contribution < 1.29 is 8.42 Å². The molecule has 1 unspecified atom stereocenters. The second-order valence-electron chi connectivity index (χ2n) is 5.97. The predicted octanol–water partition coefficient (Wildman–Crippen LogP) is 0.885. The van der Waals surface area contributed by atoms with Gasteiger partial charge in [-0.3, -0.25) is 0 Å². The Balaban J connectivity index is 1.57. The van der Waals surface area contributed by atoms with E-state index < -0.39 is 9.84 Å². The molecule has 0 bridgehead atoms. The van der Waals surface area contributed by atoms with Crippen LogP contribution in [0, 0.1) is 5.92 Å². The number of likely N-dealkylation sites (N-methyl/N-ethyl adjacent to an activating group) is 1. The van der Waals surface area contributed by atoms with Crippen molar-refractivity contribution in [1.29, 1.82) is 0 Å². The highest BCUT2D eigenvalue weighted by atomic mass is 32.2. The smallest absolute Gasteiger partial charge is 0.151 e. The lowest BCUT2D eigenvalue weighted by Gasteiger charge is -2.21. The number of nitrogens with one attached hydrogen (secondary N) is 1. The van der Waals surface area contributed by atoms with Gasteiger partial charge in [-0.25, -0.2) is 8.42 Å². The molecule has 0 radical (unpaired) electrons. The van der Waals surface area contributed by atoms with Gasteiger partial charge < -0.3 is 10.2 Å². The maximum absolute atomic E-state index is 11.3. The van der Waals surface area contributed by atoms with E-state index in [1.807, 2.05) is 0 Å². The SMILES string of the molecule is CN(CCNC1CCS(=O)(=O)C1)CC1CCCC1. The minimum atomic E-state index is -2.74. The second-order valence-corrected chi connectivity index (χ2v) is 8.20. The molecule has 1 atom stereocenters. The van der Waals surface area contributed by atoms with Crippen molar-refractivity contribution in [1.82, 2.24) is 10.2 Å². The summed E-state index contributed by atoms with van der Waals surface area (Å²) < 4.78 is 22.6. The Kier molecular flexibility index (Phi) is 5.04. The topological polar surface area (TPSA) is 49.4 Å². The van der Waals surface area contributed by atoms with E-state index in [1.54, 1.807) is 0 Å². The summed E-state index contributed by atoms with van der Waals surface area (Å²) in [4.78, 5) is 2.38. The first-order valence-corrected chi connectivity index (χ1v) is 9.00. The molecule has 0 aromatic heterocycles. The van der Waals surface area contributed by atoms with Gasteiger partial charge >= 0.3 is 0 Å². The molecule has 2 rings (SSSR count). The van der Waals surface area contributed by atoms with Gasteiger partial charge in [0.2, 0.25) is 0 Å². The van der Waals surface area contributed by atoms with Gasteiger partial charge in [-0.2, -0.15) is 0 Å². The van der Waals surface area contributed by atoms with Crippen LogP contribution in [0.1, 0.15) is 32.1 Å². The zero-order valence-electron chi connectivity index (χ0n) is 11.4. The minimum absolute atomic E-state index is 0.190. The van der Waals surface area contributed by atoms with Gasteiger partial charge in [0.25, 0.3) is 0 Å². The van der Waals surface area contributed by atoms with E-state index in [0.717, 1.165) is 25.4 Å². The summed E-state index contributed by atoms with van der Waals surface area (Å²) in [5.74, 6) is 1.59. The fourth-order valence-corrected chi connectivity index (χ4v) is 4.85. The molecular formula is C13H26N2O2S. The number of hydrogen-bond donors (Lipinski definition) is 1. The molecule has 1 heterocycles. The van der Waals surface area contributed by atoms with Gasteiger partial charge in [0.1, 0.15) is 0 Å². The first kappa shape index (κ1) is 14.3. The Hall–Kier alpha value is -0.130. The minimum Gasteiger partial charge on any atom is -0.312 e. The highest BCUT2D eigenvalue weighted by Gasteiger charge is 2.27. The molecule has 1 aliphatic heterocycles. The Bertz CT molecular complexity index is 350. The normalized spacial score (nSPS) is 28.2. The lowest BCUT2D eigenvalue weighted by atomic mass is 10.1. The number of hydrogen-bond acceptors (Lipinski definition) is 4. The summed E-state index contributed by atoms with van der Waals surface area (Å²) in [6, 6.07) is 0.190. The highest BCUT2D eigenvalue weighted by molar-refractivity contribution is 7.91. The molecule has 18 heavy (non-hydrogen) atoms. The first-order valence-electron chi connectivity index (χ1n) is 7.17. The average Bonchev–Trinajstić information content (AvgIpc) is 2.88. The van der Waals surface area contributed by atoms with Crippen LogP contribution in [0.15, 0.2) is 0 Å². The fourth-order valence-electron chi connectivity index (χ4n) is 3.14. The van der Waals surface area contributed by atoms with Crippen LogP contribution in [0.25, 0.3) is 0 Å². The van der Waals surface area contributed by atoms with Crippen molar-refractivity contribution >= 4 is 9.84 Å². The van der Waals surface area contributed by atoms with Gasteiger partial charge in [0.05, 0.1) is 11.5 Å². The Morgan fingerprint density at radius 2 is 1.94 bits per heavy atom. The third-order valence-corrected chi connectivity index (χ3v) is 5.97. The van der Waals surface area contributed by atoms with Crippen LogP contribution >= 0.6 is 0 Å². The zero-order valence-corrected chi connectivity index (χ0v) is 12.2. The largest absolute Gasteiger partial charge is 0.312 e. The summed E-state index contributed by atoms with van der Waals surface area (Å²) >= 11 is 0. The molecule has 1 aliphatic carbocycles. The average molecular weight is 274 g/mol. The number of sulfone groups is 1. The number of rotatable bonds is 6. The number of nitrogens with zero attached hydrogens (tertiary/aromatic N) is 1. The van der Waals surface area contributed by atoms with Gasteiger partial charge in [0, 0.05) is 25.7 Å². The van der Waals surface area contributed by atoms with Crippen molar-refractivity contribution in [2.75, 3.05) is 38.2 Å². The van der Waals surface area contributed by atoms with Crippen molar-refractivity contribution in [3.63, 3.8) is 0 Å². The van der Waals surface area contributed by atoms with Crippen LogP contribution in [0.3, 0.4) is 0 Å². The van der Waals surface area contributed by atoms with Crippen LogP contribution in [0.2, 0.25) is 0 Å². The zero-order chi connectivity index (χ0) is 13.0. The summed E-state index contributed by atoms with van der Waals surface area (Å²) in [5, 5.41) is 3.37. The fraction of sp³-hybridized carbons (Fsp3) is 1.00. The maximum atomic E-state index is 11.3. The van der Waals surface area contributed by atoms with Crippen LogP contribution in [-0.4, -0.2) is 57.5 Å². The van der Waals surface area contributed by atoms with E-state index in [4.69, 9.17) is 0 Å². The highest BCUT2D eigenvalue weighted by Crippen LogP contribution is 2.24. The monoisotopic (exact) mass is 274 g/mol. The van der Waals surface area contributed by atoms with E-state index in [-0.39, 0.29) is 6.04 Å². The summed E-state index contributed by atoms with van der Waals surface area (Å²) in [6.45, 7) is 3.13. The predicted molar refractivity (Wildman–Crippen MR) is 74.5 cm³/mol. The molecule has 4 nitrogen and oxygen atoms in total. The summed E-state index contributed by atoms with van der Waals surface area (Å²) in [6.07, 6.45) is 6.36. The lowest BCUT2D eigenvalue weighted by Crippen LogP contribution is -2.37. The van der Waals surface area contributed by atoms with Gasteiger partial charge in [-0.05, 0) is 32.2 Å². The van der Waals surface area contributed by atoms with Crippen LogP contribution in [0.5, 0.6) is 0 Å². The van der Waals surface area contributed by atoms with Crippen LogP contribution < -0.4 is 5.32 Å². The van der Waals surface area contributed by atoms with Crippen molar-refractivity contribution in [3.8, 4) is 0 Å². The van der Waals surface area contributed by atoms with E-state index in [2.05, 4.69) is 17.3 Å². The molecule has 0 amide bonds. The quantitative estimate of drug-likeness (QED) is 0.781. The summed E-state index contributed by atoms with van der Waals surface area (Å²) in [7, 11) is -0.569. The van der Waals surface area contributed by atoms with E-state index >= 15 is 0 Å². The van der Waals surface area contributed by atoms with Gasteiger partial charge in [-0.1, -0.05) is 12.8 Å². The van der Waals surface area contributed by atoms with Crippen molar-refractivity contribution in [2.24, 2.45) is 5.92 Å². The molecule has 106 valence electrons. The van der Waals surface area contributed by atoms with E-state index in [1.165, 1.54) is 32.2 Å². The Morgan fingerprint density at radius 1 is 1.22 bits per heavy atom. The Labute approximate surface area is 111 Å². The van der Waals surface area contributed by atoms with Gasteiger partial charge in [0.15, 0.2) is 9.84 Å². The van der Waals surface area contributed by atoms with Crippen molar-refractivity contribution in [2.45, 2.75) is 38.1 Å². The molecule has 0 aromatic rings. The molecule has 2 aliphatic rings. The molecule has 5 heteroatoms. The standard InChI is InChI=1S/C13H26N2O2S/c1-15(10-12-4-2-3-5-12)8-7-14-13-6-9-18(16,17)11-13/h12-14H,2-11H2,1H3. The first-order chi connectivity index (χ1) is 8.55. The van der Waals surface area contributed by atoms with Crippen LogP contribution in [-0.2, 0) is 9.84 Å². The van der Waals surface area contributed by atoms with Gasteiger partial charge in [-0.15, -0.1) is 0 Å². The van der Waals surface area contributed by atoms with Crippen LogP contribution in [0.4, 0.5) is 0 Å².